The van der Waals surface area contributed by atoms with Gasteiger partial charge in [-0.05, 0) is 0 Å². The first-order valence-electron chi connectivity index (χ1n) is 1.23. The summed E-state index contributed by atoms with van der Waals surface area (Å²) in [5.41, 5.74) is 5.35. The van der Waals surface area contributed by atoms with Gasteiger partial charge < -0.3 is 0 Å². The van der Waals surface area contributed by atoms with Crippen molar-refractivity contribution in [1.82, 2.24) is 0 Å². The Hall–Kier alpha value is 1.31. The van der Waals surface area contributed by atoms with Crippen LogP contribution in [0, 0.1) is 0 Å². The van der Waals surface area contributed by atoms with Crippen LogP contribution in [0.4, 0.5) is 0 Å². The van der Waals surface area contributed by atoms with Gasteiger partial charge in [-0.2, -0.15) is 0 Å². The normalized spacial score (nSPS) is 42.8. The molecule has 0 radical (unpaired) electrons. The van der Waals surface area contributed by atoms with Gasteiger partial charge in [-0.1, -0.05) is 0 Å². The van der Waals surface area contributed by atoms with Gasteiger partial charge in [0.25, 0.3) is 0 Å². The van der Waals surface area contributed by atoms with Crippen molar-refractivity contribution in [3.8, 4) is 0 Å². The summed E-state index contributed by atoms with van der Waals surface area (Å²) in [4.78, 5) is 0. The van der Waals surface area contributed by atoms with E-state index in [9.17, 15) is 0 Å². The molecule has 1 aliphatic heterocycles. The van der Waals surface area contributed by atoms with E-state index in [1.165, 1.54) is 21.5 Å². The molecule has 0 aromatic heterocycles. The first-order valence-corrected chi connectivity index (χ1v) is 5.18. The number of hydrogen-bond donors (Lipinski definition) is 1. The molecule has 2 N–H and O–H groups in total. The second-order valence-electron chi connectivity index (χ2n) is 0.854. The third-order valence-corrected chi connectivity index (χ3v) is 4.42. The van der Waals surface area contributed by atoms with E-state index in [2.05, 4.69) is 0 Å². The minimum absolute atomic E-state index is 0.371. The Balaban J connectivity index is 2.28. The van der Waals surface area contributed by atoms with E-state index in [-0.39, 0.29) is 4.39 Å². The molecule has 0 aliphatic carbocycles. The summed E-state index contributed by atoms with van der Waals surface area (Å²) in [5.74, 6) is 0. The van der Waals surface area contributed by atoms with Gasteiger partial charge in [0, 0.05) is 0 Å². The third kappa shape index (κ3) is 1.14. The molecule has 0 amide bonds. The van der Waals surface area contributed by atoms with Crippen molar-refractivity contribution in [1.29, 1.82) is 0 Å². The Bertz CT molecular complexity index is 64.6. The Kier molecular flexibility index (Phi) is 1.52. The van der Waals surface area contributed by atoms with Crippen LogP contribution in [0.1, 0.15) is 0 Å². The number of rotatable bonds is 1. The molecule has 1 saturated heterocycles. The SMILES string of the molecule is NC1([S][Mo])OS1. The molecule has 0 bridgehead atoms. The molecule has 0 aromatic carbocycles. The molecule has 35 valence electrons. The van der Waals surface area contributed by atoms with Crippen LogP contribution >= 0.6 is 21.5 Å². The first kappa shape index (κ1) is 5.45. The molecule has 1 aliphatic rings. The molecule has 1 rings (SSSR count). The zero-order chi connectivity index (χ0) is 4.62. The summed E-state index contributed by atoms with van der Waals surface area (Å²) >= 11 is 3.17. The second-order valence-corrected chi connectivity index (χ2v) is 4.05. The van der Waals surface area contributed by atoms with Gasteiger partial charge in [-0.15, -0.1) is 0 Å². The second kappa shape index (κ2) is 1.67. The molecular weight excluding hydrogens is 202 g/mol. The fourth-order valence-electron chi connectivity index (χ4n) is 0.0688. The monoisotopic (exact) mass is 206 g/mol. The van der Waals surface area contributed by atoms with Crippen LogP contribution < -0.4 is 5.73 Å². The van der Waals surface area contributed by atoms with Gasteiger partial charge in [-0.25, -0.2) is 0 Å². The van der Waals surface area contributed by atoms with Crippen LogP contribution in [0.2, 0.25) is 0 Å². The van der Waals surface area contributed by atoms with Gasteiger partial charge in [0.15, 0.2) is 0 Å². The molecule has 1 atom stereocenters. The Morgan fingerprint density at radius 3 is 2.50 bits per heavy atom. The predicted octanol–water partition coefficient (Wildman–Crippen LogP) is 0.430. The van der Waals surface area contributed by atoms with E-state index in [1.54, 1.807) is 0 Å². The summed E-state index contributed by atoms with van der Waals surface area (Å²) in [6.45, 7) is 0. The Morgan fingerprint density at radius 2 is 2.50 bits per heavy atom. The van der Waals surface area contributed by atoms with Crippen molar-refractivity contribution < 1.29 is 22.7 Å². The summed E-state index contributed by atoms with van der Waals surface area (Å²) in [6, 6.07) is 0. The molecule has 0 saturated carbocycles. The van der Waals surface area contributed by atoms with Gasteiger partial charge in [0.2, 0.25) is 0 Å². The van der Waals surface area contributed by atoms with Gasteiger partial charge in [-0.3, -0.25) is 0 Å². The van der Waals surface area contributed by atoms with E-state index in [4.69, 9.17) is 9.92 Å². The summed E-state index contributed by atoms with van der Waals surface area (Å²) in [6.07, 6.45) is 0. The van der Waals surface area contributed by atoms with Gasteiger partial charge >= 0.3 is 54.4 Å². The zero-order valence-electron chi connectivity index (χ0n) is 2.71. The van der Waals surface area contributed by atoms with Crippen LogP contribution in [0.15, 0.2) is 0 Å². The van der Waals surface area contributed by atoms with Gasteiger partial charge in [0.1, 0.15) is 0 Å². The van der Waals surface area contributed by atoms with Crippen molar-refractivity contribution in [3.63, 3.8) is 0 Å². The molecule has 1 unspecified atom stereocenters. The van der Waals surface area contributed by atoms with E-state index >= 15 is 0 Å². The molecule has 0 spiro atoms. The maximum atomic E-state index is 5.35. The van der Waals surface area contributed by atoms with Crippen LogP contribution in [0.25, 0.3) is 0 Å². The summed E-state index contributed by atoms with van der Waals surface area (Å²) < 4.78 is 4.33. The first-order chi connectivity index (χ1) is 2.77. The fourth-order valence-corrected chi connectivity index (χ4v) is 1.70. The third-order valence-electron chi connectivity index (χ3n) is 0.364. The average molecular weight is 204 g/mol. The van der Waals surface area contributed by atoms with Crippen LogP contribution in [0.5, 0.6) is 0 Å². The van der Waals surface area contributed by atoms with Crippen molar-refractivity contribution in [2.45, 2.75) is 4.39 Å². The topological polar surface area (TPSA) is 38.5 Å². The van der Waals surface area contributed by atoms with E-state index < -0.39 is 0 Å². The van der Waals surface area contributed by atoms with E-state index in [0.717, 1.165) is 0 Å². The molecule has 6 heavy (non-hydrogen) atoms. The standard InChI is InChI=1S/CH3NOS2.Mo/c2-1(4)3-5-1;/h4H,2H2;/q;+1/p-1. The number of hydrogen-bond acceptors (Lipinski definition) is 4. The molecule has 1 fully saturated rings. The molecule has 0 aromatic rings. The summed E-state index contributed by atoms with van der Waals surface area (Å²) in [7, 11) is 1.52. The quantitative estimate of drug-likeness (QED) is 0.291. The van der Waals surface area contributed by atoms with Crippen molar-refractivity contribution in [2.24, 2.45) is 5.73 Å². The molecule has 1 heterocycles. The van der Waals surface area contributed by atoms with Crippen LogP contribution in [-0.4, -0.2) is 4.39 Å². The van der Waals surface area contributed by atoms with Crippen molar-refractivity contribution >= 4 is 21.5 Å². The maximum absolute atomic E-state index is 5.35. The predicted molar refractivity (Wildman–Crippen MR) is 23.2 cm³/mol. The Morgan fingerprint density at radius 1 is 2.00 bits per heavy atom. The molecule has 2 nitrogen and oxygen atoms in total. The van der Waals surface area contributed by atoms with Crippen LogP contribution in [-0.2, 0) is 22.7 Å². The number of nitrogens with two attached hydrogens (primary N) is 1. The van der Waals surface area contributed by atoms with E-state index in [1.807, 2.05) is 18.5 Å². The summed E-state index contributed by atoms with van der Waals surface area (Å²) in [5, 5.41) is 0. The Labute approximate surface area is 54.4 Å². The van der Waals surface area contributed by atoms with Crippen molar-refractivity contribution in [2.75, 3.05) is 0 Å². The average Bonchev–Trinajstić information content (AvgIpc) is 2.22. The molecule has 5 heteroatoms. The van der Waals surface area contributed by atoms with Crippen LogP contribution in [0.3, 0.4) is 0 Å². The van der Waals surface area contributed by atoms with Gasteiger partial charge in [0.05, 0.1) is 0 Å². The molecular formula is CH2MoNOS2. The van der Waals surface area contributed by atoms with E-state index in [0.29, 0.717) is 0 Å². The minimum atomic E-state index is -0.371. The zero-order valence-corrected chi connectivity index (χ0v) is 6.35. The fraction of sp³-hybridized carbons (Fsp3) is 1.00. The van der Waals surface area contributed by atoms with Crippen molar-refractivity contribution in [3.05, 3.63) is 0 Å².